The third-order valence-corrected chi connectivity index (χ3v) is 6.41. The van der Waals surface area contributed by atoms with Gasteiger partial charge in [0.1, 0.15) is 12.6 Å². The van der Waals surface area contributed by atoms with Crippen LogP contribution in [-0.4, -0.2) is 62.1 Å². The predicted octanol–water partition coefficient (Wildman–Crippen LogP) is 5.19. The van der Waals surface area contributed by atoms with Gasteiger partial charge in [-0.3, -0.25) is 4.79 Å². The Bertz CT molecular complexity index is 957. The molecule has 0 saturated heterocycles. The maximum atomic E-state index is 13.3. The van der Waals surface area contributed by atoms with Crippen LogP contribution in [0.5, 0.6) is 0 Å². The van der Waals surface area contributed by atoms with Gasteiger partial charge in [0.25, 0.3) is 0 Å². The lowest BCUT2D eigenvalue weighted by atomic mass is 9.98. The number of alkyl carbamates (subject to hydrolysis) is 1. The monoisotopic (exact) mass is 496 g/mol. The van der Waals surface area contributed by atoms with Crippen molar-refractivity contribution >= 4 is 12.0 Å². The average molecular weight is 497 g/mol. The van der Waals surface area contributed by atoms with Crippen molar-refractivity contribution < 1.29 is 23.8 Å². The van der Waals surface area contributed by atoms with Gasteiger partial charge in [-0.25, -0.2) is 4.79 Å². The van der Waals surface area contributed by atoms with Crippen molar-refractivity contribution in [2.45, 2.75) is 59.3 Å². The summed E-state index contributed by atoms with van der Waals surface area (Å²) in [5, 5.41) is 2.72. The van der Waals surface area contributed by atoms with E-state index >= 15 is 0 Å². The van der Waals surface area contributed by atoms with Gasteiger partial charge in [0.05, 0.1) is 6.54 Å². The molecule has 196 valence electrons. The van der Waals surface area contributed by atoms with Crippen molar-refractivity contribution in [2.24, 2.45) is 5.92 Å². The molecule has 0 radical (unpaired) electrons. The third kappa shape index (κ3) is 7.08. The van der Waals surface area contributed by atoms with Gasteiger partial charge in [0.2, 0.25) is 5.91 Å². The molecular formula is C29H40N2O5. The molecule has 2 amide bonds. The Morgan fingerprint density at radius 1 is 0.917 bits per heavy atom. The number of hydrogen-bond acceptors (Lipinski definition) is 5. The summed E-state index contributed by atoms with van der Waals surface area (Å²) in [6.07, 6.45) is -0.264. The molecule has 0 saturated carbocycles. The molecule has 7 heteroatoms. The lowest BCUT2D eigenvalue weighted by Crippen LogP contribution is -2.50. The second-order valence-electron chi connectivity index (χ2n) is 9.50. The van der Waals surface area contributed by atoms with E-state index in [1.807, 2.05) is 38.1 Å². The van der Waals surface area contributed by atoms with Crippen LogP contribution in [0.2, 0.25) is 0 Å². The van der Waals surface area contributed by atoms with E-state index in [1.165, 1.54) is 11.1 Å². The molecule has 0 fully saturated rings. The summed E-state index contributed by atoms with van der Waals surface area (Å²) in [4.78, 5) is 27.7. The number of rotatable bonds is 13. The van der Waals surface area contributed by atoms with Crippen LogP contribution in [-0.2, 0) is 19.0 Å². The Kier molecular flexibility index (Phi) is 10.3. The van der Waals surface area contributed by atoms with Gasteiger partial charge in [0.15, 0.2) is 6.29 Å². The predicted molar refractivity (Wildman–Crippen MR) is 141 cm³/mol. The van der Waals surface area contributed by atoms with Crippen molar-refractivity contribution in [1.29, 1.82) is 0 Å². The second kappa shape index (κ2) is 13.4. The minimum Gasteiger partial charge on any atom is -0.449 e. The van der Waals surface area contributed by atoms with Crippen LogP contribution >= 0.6 is 0 Å². The van der Waals surface area contributed by atoms with Crippen LogP contribution in [0.4, 0.5) is 4.79 Å². The molecule has 0 spiro atoms. The average Bonchev–Trinajstić information content (AvgIpc) is 3.18. The molecule has 1 aliphatic rings. The molecular weight excluding hydrogens is 456 g/mol. The Morgan fingerprint density at radius 2 is 1.47 bits per heavy atom. The number of amides is 2. The fourth-order valence-electron chi connectivity index (χ4n) is 4.56. The maximum absolute atomic E-state index is 13.3. The number of carbonyl (C=O) groups excluding carboxylic acids is 2. The first-order chi connectivity index (χ1) is 17.3. The van der Waals surface area contributed by atoms with Crippen molar-refractivity contribution in [3.05, 3.63) is 59.7 Å². The summed E-state index contributed by atoms with van der Waals surface area (Å²) in [7, 11) is 0. The Balaban J connectivity index is 1.61. The van der Waals surface area contributed by atoms with Crippen LogP contribution < -0.4 is 5.32 Å². The fourth-order valence-corrected chi connectivity index (χ4v) is 4.56. The highest BCUT2D eigenvalue weighted by Crippen LogP contribution is 2.44. The molecule has 1 aliphatic carbocycles. The molecule has 1 atom stereocenters. The number of nitrogens with one attached hydrogen (secondary N) is 1. The maximum Gasteiger partial charge on any atom is 0.407 e. The topological polar surface area (TPSA) is 77.1 Å². The molecule has 7 nitrogen and oxygen atoms in total. The summed E-state index contributed by atoms with van der Waals surface area (Å²) in [5.74, 6) is 0.215. The van der Waals surface area contributed by atoms with Gasteiger partial charge in [-0.15, -0.1) is 0 Å². The molecule has 2 aromatic rings. The minimum absolute atomic E-state index is 0.0326. The van der Waals surface area contributed by atoms with Gasteiger partial charge < -0.3 is 24.4 Å². The van der Waals surface area contributed by atoms with Crippen LogP contribution in [0, 0.1) is 5.92 Å². The normalized spacial score (nSPS) is 13.4. The second-order valence-corrected chi connectivity index (χ2v) is 9.50. The smallest absolute Gasteiger partial charge is 0.407 e. The van der Waals surface area contributed by atoms with Crippen LogP contribution in [0.3, 0.4) is 0 Å². The summed E-state index contributed by atoms with van der Waals surface area (Å²) in [6, 6.07) is 15.6. The quantitative estimate of drug-likeness (QED) is 0.386. The molecule has 0 bridgehead atoms. The fraction of sp³-hybridized carbons (Fsp3) is 0.517. The van der Waals surface area contributed by atoms with Gasteiger partial charge in [-0.05, 0) is 55.4 Å². The first-order valence-corrected chi connectivity index (χ1v) is 13.0. The van der Waals surface area contributed by atoms with Crippen molar-refractivity contribution in [3.63, 3.8) is 0 Å². The lowest BCUT2D eigenvalue weighted by molar-refractivity contribution is -0.159. The highest BCUT2D eigenvalue weighted by atomic mass is 16.7. The van der Waals surface area contributed by atoms with Gasteiger partial charge in [-0.2, -0.15) is 0 Å². The summed E-state index contributed by atoms with van der Waals surface area (Å²) >= 11 is 0. The zero-order valence-corrected chi connectivity index (χ0v) is 22.2. The number of ether oxygens (including phenoxy) is 3. The zero-order chi connectivity index (χ0) is 26.1. The lowest BCUT2D eigenvalue weighted by Gasteiger charge is -2.30. The van der Waals surface area contributed by atoms with E-state index in [9.17, 15) is 9.59 Å². The molecule has 2 aromatic carbocycles. The van der Waals surface area contributed by atoms with Crippen LogP contribution in [0.25, 0.3) is 11.1 Å². The van der Waals surface area contributed by atoms with Crippen molar-refractivity contribution in [2.75, 3.05) is 32.9 Å². The number of carbonyl (C=O) groups is 2. The molecule has 0 aliphatic heterocycles. The standard InChI is InChI=1S/C29H40N2O5/c1-6-34-27(35-7-2)18-31(17-16-20(3)4)28(32)21(5)30-29(33)36-19-26-24-14-10-8-12-22(24)23-13-9-11-15-25(23)26/h8-15,20-21,26-27H,6-7,16-19H2,1-5H3,(H,30,33). The first-order valence-electron chi connectivity index (χ1n) is 13.0. The van der Waals surface area contributed by atoms with E-state index in [0.717, 1.165) is 17.5 Å². The summed E-state index contributed by atoms with van der Waals surface area (Å²) in [5.41, 5.74) is 4.64. The Hall–Kier alpha value is -2.90. The van der Waals surface area contributed by atoms with E-state index in [2.05, 4.69) is 43.4 Å². The largest absolute Gasteiger partial charge is 0.449 e. The van der Waals surface area contributed by atoms with Gasteiger partial charge in [0, 0.05) is 25.7 Å². The van der Waals surface area contributed by atoms with Crippen molar-refractivity contribution in [3.8, 4) is 11.1 Å². The highest BCUT2D eigenvalue weighted by Gasteiger charge is 2.30. The summed E-state index contributed by atoms with van der Waals surface area (Å²) in [6.45, 7) is 11.8. The van der Waals surface area contributed by atoms with Gasteiger partial charge >= 0.3 is 6.09 Å². The Morgan fingerprint density at radius 3 is 2.00 bits per heavy atom. The SMILES string of the molecule is CCOC(CN(CCC(C)C)C(=O)C(C)NC(=O)OCC1c2ccccc2-c2ccccc21)OCC. The zero-order valence-electron chi connectivity index (χ0n) is 22.2. The number of hydrogen-bond donors (Lipinski definition) is 1. The molecule has 1 N–H and O–H groups in total. The van der Waals surface area contributed by atoms with E-state index in [0.29, 0.717) is 32.2 Å². The van der Waals surface area contributed by atoms with E-state index in [4.69, 9.17) is 14.2 Å². The number of nitrogens with zero attached hydrogens (tertiary/aromatic N) is 1. The number of fused-ring (bicyclic) bond motifs is 3. The molecule has 1 unspecified atom stereocenters. The minimum atomic E-state index is -0.739. The Labute approximate surface area is 215 Å². The highest BCUT2D eigenvalue weighted by molar-refractivity contribution is 5.85. The molecule has 3 rings (SSSR count). The van der Waals surface area contributed by atoms with E-state index in [1.54, 1.807) is 11.8 Å². The third-order valence-electron chi connectivity index (χ3n) is 6.41. The van der Waals surface area contributed by atoms with Crippen LogP contribution in [0.1, 0.15) is 58.1 Å². The van der Waals surface area contributed by atoms with Crippen LogP contribution in [0.15, 0.2) is 48.5 Å². The van der Waals surface area contributed by atoms with E-state index in [-0.39, 0.29) is 18.4 Å². The molecule has 36 heavy (non-hydrogen) atoms. The first kappa shape index (κ1) is 27.7. The molecule has 0 aromatic heterocycles. The van der Waals surface area contributed by atoms with Crippen molar-refractivity contribution in [1.82, 2.24) is 10.2 Å². The van der Waals surface area contributed by atoms with Gasteiger partial charge in [-0.1, -0.05) is 62.4 Å². The van der Waals surface area contributed by atoms with E-state index < -0.39 is 18.4 Å². The number of benzene rings is 2. The summed E-state index contributed by atoms with van der Waals surface area (Å²) < 4.78 is 16.9. The molecule has 0 heterocycles.